The lowest BCUT2D eigenvalue weighted by molar-refractivity contribution is -0.124. The Hall–Kier alpha value is -1.71. The number of aliphatic hydroxyl groups excluding tert-OH is 2. The maximum Gasteiger partial charge on any atom is 0.187 e. The highest BCUT2D eigenvalue weighted by Gasteiger charge is 2.31. The van der Waals surface area contributed by atoms with Gasteiger partial charge < -0.3 is 10.2 Å². The minimum absolute atomic E-state index is 0.443. The predicted octanol–water partition coefficient (Wildman–Crippen LogP) is 1.24. The number of carbonyl (C=O) groups is 1. The number of carbonyl (C=O) groups excluding carboxylic acids is 1. The molecule has 0 unspecified atom stereocenters. The molecule has 0 saturated heterocycles. The van der Waals surface area contributed by atoms with E-state index in [0.717, 1.165) is 5.56 Å². The van der Waals surface area contributed by atoms with E-state index in [-0.39, 0.29) is 0 Å². The highest BCUT2D eigenvalue weighted by Crippen LogP contribution is 2.19. The summed E-state index contributed by atoms with van der Waals surface area (Å²) in [7, 11) is 0. The van der Waals surface area contributed by atoms with Gasteiger partial charge in [0.1, 0.15) is 12.2 Å². The van der Waals surface area contributed by atoms with Gasteiger partial charge in [-0.2, -0.15) is 0 Å². The highest BCUT2D eigenvalue weighted by molar-refractivity contribution is 5.98. The van der Waals surface area contributed by atoms with Crippen molar-refractivity contribution in [3.05, 3.63) is 53.1 Å². The molecule has 1 aliphatic carbocycles. The Balaban J connectivity index is 2.14. The Morgan fingerprint density at radius 1 is 1.06 bits per heavy atom. The molecule has 1 aromatic rings. The Morgan fingerprint density at radius 2 is 1.71 bits per heavy atom. The van der Waals surface area contributed by atoms with Crippen molar-refractivity contribution in [2.24, 2.45) is 0 Å². The van der Waals surface area contributed by atoms with Gasteiger partial charge in [0, 0.05) is 0 Å². The molecule has 0 aliphatic heterocycles. The summed E-state index contributed by atoms with van der Waals surface area (Å²) in [4.78, 5) is 11.1. The van der Waals surface area contributed by atoms with Gasteiger partial charge in [-0.3, -0.25) is 4.79 Å². The smallest absolute Gasteiger partial charge is 0.187 e. The monoisotopic (exact) mass is 230 g/mol. The van der Waals surface area contributed by atoms with Gasteiger partial charge in [-0.15, -0.1) is 0 Å². The van der Waals surface area contributed by atoms with Gasteiger partial charge in [0.2, 0.25) is 0 Å². The number of hydrogen-bond donors (Lipinski definition) is 2. The van der Waals surface area contributed by atoms with Crippen LogP contribution in [0.4, 0.5) is 0 Å². The molecule has 0 amide bonds. The van der Waals surface area contributed by atoms with Gasteiger partial charge in [-0.1, -0.05) is 42.0 Å². The summed E-state index contributed by atoms with van der Waals surface area (Å²) in [5, 5.41) is 18.8. The van der Waals surface area contributed by atoms with Crippen molar-refractivity contribution in [1.29, 1.82) is 0 Å². The van der Waals surface area contributed by atoms with Crippen LogP contribution in [0.3, 0.4) is 0 Å². The third kappa shape index (κ3) is 2.52. The zero-order valence-corrected chi connectivity index (χ0v) is 9.50. The molecule has 0 bridgehead atoms. The van der Waals surface area contributed by atoms with E-state index in [1.807, 2.05) is 31.2 Å². The Bertz CT molecular complexity index is 483. The summed E-state index contributed by atoms with van der Waals surface area (Å²) < 4.78 is 0. The van der Waals surface area contributed by atoms with Crippen molar-refractivity contribution in [1.82, 2.24) is 0 Å². The molecule has 2 rings (SSSR count). The average Bonchev–Trinajstić information content (AvgIpc) is 2.56. The van der Waals surface area contributed by atoms with Crippen LogP contribution in [0.2, 0.25) is 0 Å². The summed E-state index contributed by atoms with van der Waals surface area (Å²) in [6.45, 7) is 2.01. The number of aryl methyl sites for hydroxylation is 1. The first-order chi connectivity index (χ1) is 8.08. The number of rotatable bonds is 2. The molecule has 2 atom stereocenters. The highest BCUT2D eigenvalue weighted by atomic mass is 16.3. The molecule has 3 heteroatoms. The van der Waals surface area contributed by atoms with Crippen molar-refractivity contribution in [2.45, 2.75) is 19.1 Å². The number of benzene rings is 1. The number of hydrogen-bond acceptors (Lipinski definition) is 3. The first-order valence-electron chi connectivity index (χ1n) is 5.44. The van der Waals surface area contributed by atoms with E-state index in [1.165, 1.54) is 11.6 Å². The van der Waals surface area contributed by atoms with E-state index in [2.05, 4.69) is 0 Å². The molecule has 3 nitrogen and oxygen atoms in total. The molecule has 0 aromatic heterocycles. The fourth-order valence-electron chi connectivity index (χ4n) is 1.69. The summed E-state index contributed by atoms with van der Waals surface area (Å²) >= 11 is 0. The lowest BCUT2D eigenvalue weighted by atomic mass is 10.1. The fraction of sp³-hybridized carbons (Fsp3) is 0.214. The third-order valence-corrected chi connectivity index (χ3v) is 2.79. The van der Waals surface area contributed by atoms with Crippen LogP contribution in [-0.4, -0.2) is 28.2 Å². The zero-order chi connectivity index (χ0) is 12.4. The standard InChI is InChI=1S/C14H14O3/c1-9-2-4-10(5-3-9)6-7-11-8-12(15)14(17)13(11)16/h2-8,13-14,16-17H,1H3/b7-6+/t13-,14-/m0/s1. The van der Waals surface area contributed by atoms with E-state index in [4.69, 9.17) is 0 Å². The van der Waals surface area contributed by atoms with Crippen molar-refractivity contribution in [3.8, 4) is 0 Å². The van der Waals surface area contributed by atoms with Crippen LogP contribution >= 0.6 is 0 Å². The van der Waals surface area contributed by atoms with Gasteiger partial charge in [-0.05, 0) is 24.1 Å². The van der Waals surface area contributed by atoms with E-state index < -0.39 is 18.0 Å². The Kier molecular flexibility index (Phi) is 3.22. The van der Waals surface area contributed by atoms with Gasteiger partial charge in [0.15, 0.2) is 5.78 Å². The fourth-order valence-corrected chi connectivity index (χ4v) is 1.69. The molecule has 1 aromatic carbocycles. The first kappa shape index (κ1) is 11.8. The molecule has 2 N–H and O–H groups in total. The second kappa shape index (κ2) is 4.65. The van der Waals surface area contributed by atoms with Crippen LogP contribution in [0.15, 0.2) is 42.0 Å². The molecule has 0 saturated carbocycles. The number of aliphatic hydroxyl groups is 2. The molecule has 0 heterocycles. The lowest BCUT2D eigenvalue weighted by Gasteiger charge is -2.07. The van der Waals surface area contributed by atoms with E-state index >= 15 is 0 Å². The summed E-state index contributed by atoms with van der Waals surface area (Å²) in [5.41, 5.74) is 2.61. The van der Waals surface area contributed by atoms with Crippen LogP contribution in [0.1, 0.15) is 11.1 Å². The Morgan fingerprint density at radius 3 is 2.24 bits per heavy atom. The summed E-state index contributed by atoms with van der Waals surface area (Å²) in [6, 6.07) is 7.87. The third-order valence-electron chi connectivity index (χ3n) is 2.79. The lowest BCUT2D eigenvalue weighted by Crippen LogP contribution is -2.27. The van der Waals surface area contributed by atoms with E-state index in [1.54, 1.807) is 12.2 Å². The first-order valence-corrected chi connectivity index (χ1v) is 5.44. The predicted molar refractivity (Wildman–Crippen MR) is 65.3 cm³/mol. The van der Waals surface area contributed by atoms with Crippen LogP contribution < -0.4 is 0 Å². The average molecular weight is 230 g/mol. The van der Waals surface area contributed by atoms with E-state index in [0.29, 0.717) is 5.57 Å². The van der Waals surface area contributed by atoms with Crippen LogP contribution in [0.25, 0.3) is 6.08 Å². The molecular weight excluding hydrogens is 216 g/mol. The minimum Gasteiger partial charge on any atom is -0.385 e. The van der Waals surface area contributed by atoms with E-state index in [9.17, 15) is 15.0 Å². The Labute approximate surface area is 99.7 Å². The second-order valence-corrected chi connectivity index (χ2v) is 4.18. The van der Waals surface area contributed by atoms with Crippen LogP contribution in [-0.2, 0) is 4.79 Å². The van der Waals surface area contributed by atoms with Crippen molar-refractivity contribution >= 4 is 11.9 Å². The maximum absolute atomic E-state index is 11.1. The van der Waals surface area contributed by atoms with Gasteiger partial charge >= 0.3 is 0 Å². The van der Waals surface area contributed by atoms with Gasteiger partial charge in [-0.25, -0.2) is 0 Å². The molecule has 1 aliphatic rings. The zero-order valence-electron chi connectivity index (χ0n) is 9.50. The van der Waals surface area contributed by atoms with Crippen molar-refractivity contribution < 1.29 is 15.0 Å². The molecule has 17 heavy (non-hydrogen) atoms. The van der Waals surface area contributed by atoms with Gasteiger partial charge in [0.25, 0.3) is 0 Å². The largest absolute Gasteiger partial charge is 0.385 e. The van der Waals surface area contributed by atoms with Crippen LogP contribution in [0.5, 0.6) is 0 Å². The molecule has 0 fully saturated rings. The minimum atomic E-state index is -1.31. The van der Waals surface area contributed by atoms with Crippen LogP contribution in [0, 0.1) is 6.92 Å². The maximum atomic E-state index is 11.1. The topological polar surface area (TPSA) is 57.5 Å². The summed E-state index contributed by atoms with van der Waals surface area (Å²) in [6.07, 6.45) is 2.32. The normalized spacial score (nSPS) is 24.4. The van der Waals surface area contributed by atoms with Crippen molar-refractivity contribution in [3.63, 3.8) is 0 Å². The SMILES string of the molecule is Cc1ccc(/C=C/C2=CC(=O)[C@H](O)[C@H]2O)cc1. The molecule has 88 valence electrons. The molecule has 0 spiro atoms. The number of ketones is 1. The van der Waals surface area contributed by atoms with Gasteiger partial charge in [0.05, 0.1) is 0 Å². The summed E-state index contributed by atoms with van der Waals surface area (Å²) in [5.74, 6) is -0.443. The van der Waals surface area contributed by atoms with Crippen molar-refractivity contribution in [2.75, 3.05) is 0 Å². The molecule has 0 radical (unpaired) electrons. The second-order valence-electron chi connectivity index (χ2n) is 4.18. The molecular formula is C14H14O3. The quantitative estimate of drug-likeness (QED) is 0.803.